The second-order valence-corrected chi connectivity index (χ2v) is 9.29. The van der Waals surface area contributed by atoms with Crippen LogP contribution in [-0.2, 0) is 38.1 Å². The fourth-order valence-corrected chi connectivity index (χ4v) is 2.64. The van der Waals surface area contributed by atoms with Gasteiger partial charge in [0.05, 0.1) is 13.2 Å². The van der Waals surface area contributed by atoms with Gasteiger partial charge in [0.25, 0.3) is 0 Å². The van der Waals surface area contributed by atoms with E-state index in [1.165, 1.54) is 0 Å². The van der Waals surface area contributed by atoms with Crippen LogP contribution in [0.25, 0.3) is 0 Å². The highest BCUT2D eigenvalue weighted by atomic mass is 16.6. The molecule has 0 radical (unpaired) electrons. The molecule has 0 fully saturated rings. The molecule has 0 rings (SSSR count). The Bertz CT molecular complexity index is 622. The van der Waals surface area contributed by atoms with E-state index in [4.69, 9.17) is 14.2 Å². The highest BCUT2D eigenvalue weighted by Crippen LogP contribution is 2.20. The van der Waals surface area contributed by atoms with Crippen molar-refractivity contribution in [1.29, 1.82) is 0 Å². The maximum absolute atomic E-state index is 11.7. The van der Waals surface area contributed by atoms with Crippen molar-refractivity contribution in [3.63, 3.8) is 0 Å². The predicted octanol–water partition coefficient (Wildman–Crippen LogP) is 3.65. The SMILES string of the molecule is C=CC(=O)OCC(O)COC(=O)CCCCCOC(=O)CCCCCOC(=O)CCC(C)(C)C. The van der Waals surface area contributed by atoms with Crippen LogP contribution in [0.2, 0.25) is 0 Å². The largest absolute Gasteiger partial charge is 0.466 e. The smallest absolute Gasteiger partial charge is 0.330 e. The molecule has 9 nitrogen and oxygen atoms in total. The molecule has 9 heteroatoms. The van der Waals surface area contributed by atoms with Crippen LogP contribution in [0.5, 0.6) is 0 Å². The maximum Gasteiger partial charge on any atom is 0.330 e. The molecule has 0 saturated carbocycles. The number of ether oxygens (including phenoxy) is 4. The normalized spacial score (nSPS) is 11.9. The van der Waals surface area contributed by atoms with E-state index in [1.54, 1.807) is 0 Å². The summed E-state index contributed by atoms with van der Waals surface area (Å²) in [6.07, 6.45) is 5.74. The first-order valence-corrected chi connectivity index (χ1v) is 12.0. The minimum absolute atomic E-state index is 0.112. The maximum atomic E-state index is 11.7. The number of rotatable bonds is 19. The zero-order valence-corrected chi connectivity index (χ0v) is 21.0. The third-order valence-electron chi connectivity index (χ3n) is 4.68. The van der Waals surface area contributed by atoms with Crippen LogP contribution in [-0.4, -0.2) is 61.5 Å². The Morgan fingerprint density at radius 1 is 0.735 bits per heavy atom. The van der Waals surface area contributed by atoms with E-state index in [0.29, 0.717) is 51.7 Å². The zero-order chi connectivity index (χ0) is 25.8. The molecule has 34 heavy (non-hydrogen) atoms. The van der Waals surface area contributed by atoms with E-state index in [0.717, 1.165) is 25.3 Å². The summed E-state index contributed by atoms with van der Waals surface area (Å²) in [5.41, 5.74) is 0.112. The van der Waals surface area contributed by atoms with Gasteiger partial charge in [-0.1, -0.05) is 27.4 Å². The molecule has 1 atom stereocenters. The van der Waals surface area contributed by atoms with Crippen LogP contribution < -0.4 is 0 Å². The van der Waals surface area contributed by atoms with Gasteiger partial charge in [-0.25, -0.2) is 4.79 Å². The fourth-order valence-electron chi connectivity index (χ4n) is 2.64. The highest BCUT2D eigenvalue weighted by Gasteiger charge is 2.14. The van der Waals surface area contributed by atoms with Crippen molar-refractivity contribution in [3.05, 3.63) is 12.7 Å². The van der Waals surface area contributed by atoms with Gasteiger partial charge in [-0.2, -0.15) is 0 Å². The lowest BCUT2D eigenvalue weighted by atomic mass is 9.91. The third-order valence-corrected chi connectivity index (χ3v) is 4.68. The fraction of sp³-hybridized carbons (Fsp3) is 0.760. The zero-order valence-electron chi connectivity index (χ0n) is 21.0. The summed E-state index contributed by atoms with van der Waals surface area (Å²) in [6, 6.07) is 0. The lowest BCUT2D eigenvalue weighted by molar-refractivity contribution is -0.150. The van der Waals surface area contributed by atoms with Gasteiger partial charge in [0, 0.05) is 25.3 Å². The van der Waals surface area contributed by atoms with Crippen molar-refractivity contribution in [2.45, 2.75) is 91.1 Å². The molecule has 0 aliphatic heterocycles. The lowest BCUT2D eigenvalue weighted by Crippen LogP contribution is -2.24. The monoisotopic (exact) mass is 486 g/mol. The number of hydrogen-bond acceptors (Lipinski definition) is 9. The van der Waals surface area contributed by atoms with E-state index >= 15 is 0 Å². The molecule has 0 aliphatic carbocycles. The molecular weight excluding hydrogens is 444 g/mol. The minimum Gasteiger partial charge on any atom is -0.466 e. The lowest BCUT2D eigenvalue weighted by Gasteiger charge is -2.16. The van der Waals surface area contributed by atoms with Gasteiger partial charge in [-0.3, -0.25) is 14.4 Å². The van der Waals surface area contributed by atoms with Crippen molar-refractivity contribution < 1.29 is 43.2 Å². The first kappa shape index (κ1) is 31.6. The Balaban J connectivity index is 3.54. The number of carbonyl (C=O) groups is 4. The molecule has 0 bridgehead atoms. The van der Waals surface area contributed by atoms with Crippen LogP contribution in [0.3, 0.4) is 0 Å². The Kier molecular flexibility index (Phi) is 17.6. The summed E-state index contributed by atoms with van der Waals surface area (Å²) < 4.78 is 19.9. The number of aliphatic hydroxyl groups excluding tert-OH is 1. The first-order valence-electron chi connectivity index (χ1n) is 12.0. The van der Waals surface area contributed by atoms with Crippen molar-refractivity contribution in [2.75, 3.05) is 26.4 Å². The van der Waals surface area contributed by atoms with Gasteiger partial charge in [0.1, 0.15) is 19.3 Å². The Morgan fingerprint density at radius 3 is 1.71 bits per heavy atom. The van der Waals surface area contributed by atoms with Crippen molar-refractivity contribution in [3.8, 4) is 0 Å². The van der Waals surface area contributed by atoms with Crippen LogP contribution >= 0.6 is 0 Å². The van der Waals surface area contributed by atoms with Gasteiger partial charge in [0.2, 0.25) is 0 Å². The van der Waals surface area contributed by atoms with Gasteiger partial charge in [0.15, 0.2) is 0 Å². The number of unbranched alkanes of at least 4 members (excludes halogenated alkanes) is 4. The quantitative estimate of drug-likeness (QED) is 0.126. The average molecular weight is 487 g/mol. The van der Waals surface area contributed by atoms with E-state index in [-0.39, 0.29) is 37.0 Å². The molecular formula is C25H42O9. The summed E-state index contributed by atoms with van der Waals surface area (Å²) in [5.74, 6) is -1.54. The highest BCUT2D eigenvalue weighted by molar-refractivity contribution is 5.81. The average Bonchev–Trinajstić information content (AvgIpc) is 2.78. The van der Waals surface area contributed by atoms with E-state index < -0.39 is 18.0 Å². The summed E-state index contributed by atoms with van der Waals surface area (Å²) in [4.78, 5) is 45.8. The van der Waals surface area contributed by atoms with E-state index in [1.807, 2.05) is 0 Å². The van der Waals surface area contributed by atoms with Gasteiger partial charge >= 0.3 is 23.9 Å². The number of aliphatic hydroxyl groups is 1. The molecule has 0 amide bonds. The number of esters is 4. The van der Waals surface area contributed by atoms with Gasteiger partial charge in [-0.15, -0.1) is 0 Å². The third kappa shape index (κ3) is 21.4. The van der Waals surface area contributed by atoms with Crippen LogP contribution in [0.15, 0.2) is 12.7 Å². The summed E-state index contributed by atoms with van der Waals surface area (Å²) in [7, 11) is 0. The number of carbonyl (C=O) groups excluding carboxylic acids is 4. The van der Waals surface area contributed by atoms with Gasteiger partial charge in [-0.05, 0) is 50.4 Å². The van der Waals surface area contributed by atoms with Crippen LogP contribution in [0.1, 0.15) is 85.0 Å². The number of hydrogen-bond donors (Lipinski definition) is 1. The van der Waals surface area contributed by atoms with Crippen LogP contribution in [0, 0.1) is 5.41 Å². The molecule has 0 aliphatic rings. The molecule has 1 unspecified atom stereocenters. The molecule has 0 aromatic rings. The molecule has 0 aromatic heterocycles. The van der Waals surface area contributed by atoms with Crippen molar-refractivity contribution >= 4 is 23.9 Å². The van der Waals surface area contributed by atoms with Crippen LogP contribution in [0.4, 0.5) is 0 Å². The van der Waals surface area contributed by atoms with E-state index in [2.05, 4.69) is 32.1 Å². The summed E-state index contributed by atoms with van der Waals surface area (Å²) >= 11 is 0. The summed E-state index contributed by atoms with van der Waals surface area (Å²) in [5, 5.41) is 9.55. The van der Waals surface area contributed by atoms with Crippen molar-refractivity contribution in [1.82, 2.24) is 0 Å². The topological polar surface area (TPSA) is 125 Å². The molecule has 0 saturated heterocycles. The summed E-state index contributed by atoms with van der Waals surface area (Å²) in [6.45, 7) is 9.64. The van der Waals surface area contributed by atoms with Crippen molar-refractivity contribution in [2.24, 2.45) is 5.41 Å². The molecule has 0 heterocycles. The second-order valence-electron chi connectivity index (χ2n) is 9.29. The second kappa shape index (κ2) is 18.9. The molecule has 0 spiro atoms. The first-order chi connectivity index (χ1) is 16.0. The predicted molar refractivity (Wildman–Crippen MR) is 126 cm³/mol. The Labute approximate surface area is 203 Å². The molecule has 196 valence electrons. The molecule has 0 aromatic carbocycles. The Morgan fingerprint density at radius 2 is 1.21 bits per heavy atom. The van der Waals surface area contributed by atoms with Gasteiger partial charge < -0.3 is 24.1 Å². The Hall–Kier alpha value is -2.42. The standard InChI is InChI=1S/C25H42O9/c1-5-21(27)33-18-20(26)19-34-23(29)13-9-7-10-16-31-22(28)12-8-6-11-17-32-24(30)14-15-25(2,3)4/h5,20,26H,1,6-19H2,2-4H3. The minimum atomic E-state index is -1.08. The van der Waals surface area contributed by atoms with E-state index in [9.17, 15) is 24.3 Å². The molecule has 1 N–H and O–H groups in total.